The van der Waals surface area contributed by atoms with Crippen LogP contribution in [-0.2, 0) is 21.2 Å². The quantitative estimate of drug-likeness (QED) is 0.722. The number of fused-ring (bicyclic) bond motifs is 1. The summed E-state index contributed by atoms with van der Waals surface area (Å²) in [6, 6.07) is 4.53. The number of benzene rings is 1. The molecule has 1 aliphatic heterocycles. The zero-order chi connectivity index (χ0) is 14.3. The molecule has 1 aromatic carbocycles. The van der Waals surface area contributed by atoms with E-state index in [1.54, 1.807) is 6.07 Å². The van der Waals surface area contributed by atoms with Crippen molar-refractivity contribution >= 4 is 21.6 Å². The normalized spacial score (nSPS) is 19.6. The summed E-state index contributed by atoms with van der Waals surface area (Å²) in [5.74, 6) is 0.331. The van der Waals surface area contributed by atoms with Crippen LogP contribution in [0.1, 0.15) is 18.4 Å². The van der Waals surface area contributed by atoms with Gasteiger partial charge in [0.15, 0.2) is 0 Å². The van der Waals surface area contributed by atoms with Gasteiger partial charge >= 0.3 is 0 Å². The van der Waals surface area contributed by atoms with E-state index < -0.39 is 10.0 Å². The molecule has 1 unspecified atom stereocenters. The van der Waals surface area contributed by atoms with Gasteiger partial charge in [-0.05, 0) is 42.5 Å². The molecule has 1 amide bonds. The van der Waals surface area contributed by atoms with Crippen LogP contribution in [-0.4, -0.2) is 26.9 Å². The van der Waals surface area contributed by atoms with Crippen LogP contribution in [0.5, 0.6) is 0 Å². The molecule has 6 nitrogen and oxygen atoms in total. The van der Waals surface area contributed by atoms with Crippen molar-refractivity contribution in [2.24, 2.45) is 11.7 Å². The van der Waals surface area contributed by atoms with Gasteiger partial charge in [0.1, 0.15) is 0 Å². The highest BCUT2D eigenvalue weighted by Crippen LogP contribution is 2.31. The first-order valence-electron chi connectivity index (χ1n) is 6.64. The van der Waals surface area contributed by atoms with Gasteiger partial charge in [0.05, 0.1) is 11.3 Å². The fourth-order valence-electron chi connectivity index (χ4n) is 2.35. The van der Waals surface area contributed by atoms with Crippen molar-refractivity contribution < 1.29 is 13.2 Å². The summed E-state index contributed by atoms with van der Waals surface area (Å²) in [7, 11) is -3.57. The fraction of sp³-hybridized carbons (Fsp3) is 0.462. The van der Waals surface area contributed by atoms with Crippen LogP contribution in [0.3, 0.4) is 0 Å². The molecule has 2 aliphatic rings. The Labute approximate surface area is 117 Å². The fourth-order valence-corrected chi connectivity index (χ4v) is 3.48. The minimum Gasteiger partial charge on any atom is -0.326 e. The second-order valence-electron chi connectivity index (χ2n) is 5.40. The summed E-state index contributed by atoms with van der Waals surface area (Å²) in [6.07, 6.45) is 2.38. The average Bonchev–Trinajstić information content (AvgIpc) is 3.17. The standard InChI is InChI=1S/C13H17N3O3S/c14-11(8-1-2-8)7-15-20(18,19)10-3-4-12-9(5-10)6-13(17)16-12/h3-5,8,11,15H,1-2,6-7,14H2,(H,16,17). The second kappa shape index (κ2) is 4.83. The highest BCUT2D eigenvalue weighted by atomic mass is 32.2. The van der Waals surface area contributed by atoms with Crippen molar-refractivity contribution in [3.05, 3.63) is 23.8 Å². The van der Waals surface area contributed by atoms with Gasteiger partial charge in [-0.3, -0.25) is 4.79 Å². The maximum Gasteiger partial charge on any atom is 0.240 e. The van der Waals surface area contributed by atoms with E-state index in [1.165, 1.54) is 12.1 Å². The first-order valence-corrected chi connectivity index (χ1v) is 8.12. The molecule has 0 aromatic heterocycles. The Morgan fingerprint density at radius 2 is 2.15 bits per heavy atom. The lowest BCUT2D eigenvalue weighted by Crippen LogP contribution is -2.38. The Balaban J connectivity index is 1.74. The molecule has 7 heteroatoms. The van der Waals surface area contributed by atoms with E-state index in [2.05, 4.69) is 10.0 Å². The van der Waals surface area contributed by atoms with Gasteiger partial charge < -0.3 is 11.1 Å². The number of rotatable bonds is 5. The predicted molar refractivity (Wildman–Crippen MR) is 74.7 cm³/mol. The number of amides is 1. The number of carbonyl (C=O) groups is 1. The summed E-state index contributed by atoms with van der Waals surface area (Å²) >= 11 is 0. The van der Waals surface area contributed by atoms with Crippen molar-refractivity contribution in [3.8, 4) is 0 Å². The third-order valence-corrected chi connectivity index (χ3v) is 5.17. The molecule has 3 rings (SSSR count). The summed E-state index contributed by atoms with van der Waals surface area (Å²) < 4.78 is 26.9. The molecule has 1 saturated carbocycles. The minimum atomic E-state index is -3.57. The Kier molecular flexibility index (Phi) is 3.27. The molecular weight excluding hydrogens is 278 g/mol. The van der Waals surface area contributed by atoms with Crippen LogP contribution >= 0.6 is 0 Å². The second-order valence-corrected chi connectivity index (χ2v) is 7.16. The molecule has 1 aliphatic carbocycles. The lowest BCUT2D eigenvalue weighted by Gasteiger charge is -2.12. The van der Waals surface area contributed by atoms with Crippen molar-refractivity contribution in [2.75, 3.05) is 11.9 Å². The molecule has 20 heavy (non-hydrogen) atoms. The van der Waals surface area contributed by atoms with Crippen LogP contribution in [0.4, 0.5) is 5.69 Å². The molecule has 4 N–H and O–H groups in total. The molecule has 1 heterocycles. The van der Waals surface area contributed by atoms with Gasteiger partial charge in [0.2, 0.25) is 15.9 Å². The maximum atomic E-state index is 12.2. The van der Waals surface area contributed by atoms with Gasteiger partial charge in [-0.25, -0.2) is 13.1 Å². The number of carbonyl (C=O) groups excluding carboxylic acids is 1. The van der Waals surface area contributed by atoms with Gasteiger partial charge in [-0.15, -0.1) is 0 Å². The van der Waals surface area contributed by atoms with Crippen LogP contribution in [0.15, 0.2) is 23.1 Å². The minimum absolute atomic E-state index is 0.113. The third kappa shape index (κ3) is 2.70. The summed E-state index contributed by atoms with van der Waals surface area (Å²) in [5, 5.41) is 2.68. The van der Waals surface area contributed by atoms with Gasteiger partial charge in [0.25, 0.3) is 0 Å². The molecule has 0 spiro atoms. The van der Waals surface area contributed by atoms with Crippen LogP contribution in [0.25, 0.3) is 0 Å². The van der Waals surface area contributed by atoms with E-state index in [9.17, 15) is 13.2 Å². The lowest BCUT2D eigenvalue weighted by molar-refractivity contribution is -0.115. The number of sulfonamides is 1. The molecule has 0 saturated heterocycles. The number of hydrogen-bond acceptors (Lipinski definition) is 4. The largest absolute Gasteiger partial charge is 0.326 e. The molecule has 1 fully saturated rings. The maximum absolute atomic E-state index is 12.2. The molecule has 108 valence electrons. The molecular formula is C13H17N3O3S. The summed E-state index contributed by atoms with van der Waals surface area (Å²) in [5.41, 5.74) is 7.29. The van der Waals surface area contributed by atoms with Crippen molar-refractivity contribution in [2.45, 2.75) is 30.2 Å². The summed E-state index contributed by atoms with van der Waals surface area (Å²) in [4.78, 5) is 11.4. The average molecular weight is 295 g/mol. The number of hydrogen-bond donors (Lipinski definition) is 3. The van der Waals surface area contributed by atoms with E-state index in [4.69, 9.17) is 5.73 Å². The number of anilines is 1. The highest BCUT2D eigenvalue weighted by Gasteiger charge is 2.29. The van der Waals surface area contributed by atoms with Gasteiger partial charge in [-0.2, -0.15) is 0 Å². The highest BCUT2D eigenvalue weighted by molar-refractivity contribution is 7.89. The van der Waals surface area contributed by atoms with Gasteiger partial charge in [0, 0.05) is 18.3 Å². The molecule has 0 radical (unpaired) electrons. The molecule has 1 atom stereocenters. The lowest BCUT2D eigenvalue weighted by atomic mass is 10.2. The van der Waals surface area contributed by atoms with Gasteiger partial charge in [-0.1, -0.05) is 0 Å². The van der Waals surface area contributed by atoms with Crippen LogP contribution in [0, 0.1) is 5.92 Å². The molecule has 0 bridgehead atoms. The third-order valence-electron chi connectivity index (χ3n) is 3.75. The van der Waals surface area contributed by atoms with Crippen LogP contribution < -0.4 is 15.8 Å². The van der Waals surface area contributed by atoms with Crippen LogP contribution in [0.2, 0.25) is 0 Å². The zero-order valence-corrected chi connectivity index (χ0v) is 11.7. The van der Waals surface area contributed by atoms with Crippen molar-refractivity contribution in [1.29, 1.82) is 0 Å². The van der Waals surface area contributed by atoms with Crippen molar-refractivity contribution in [3.63, 3.8) is 0 Å². The monoisotopic (exact) mass is 295 g/mol. The Hall–Kier alpha value is -1.44. The Morgan fingerprint density at radius 3 is 2.85 bits per heavy atom. The SMILES string of the molecule is NC(CNS(=O)(=O)c1ccc2c(c1)CC(=O)N2)C1CC1. The predicted octanol–water partition coefficient (Wildman–Crippen LogP) is 0.197. The first-order chi connectivity index (χ1) is 9.45. The Bertz CT molecular complexity index is 653. The van der Waals surface area contributed by atoms with E-state index in [0.29, 0.717) is 17.2 Å². The number of nitrogens with two attached hydrogens (primary N) is 1. The zero-order valence-electron chi connectivity index (χ0n) is 10.9. The van der Waals surface area contributed by atoms with E-state index in [0.717, 1.165) is 12.8 Å². The first kappa shape index (κ1) is 13.5. The van der Waals surface area contributed by atoms with Crippen molar-refractivity contribution in [1.82, 2.24) is 4.72 Å². The number of nitrogens with one attached hydrogen (secondary N) is 2. The Morgan fingerprint density at radius 1 is 1.40 bits per heavy atom. The molecule has 1 aromatic rings. The van der Waals surface area contributed by atoms with E-state index >= 15 is 0 Å². The summed E-state index contributed by atoms with van der Waals surface area (Å²) in [6.45, 7) is 0.251. The smallest absolute Gasteiger partial charge is 0.240 e. The topological polar surface area (TPSA) is 101 Å². The van der Waals surface area contributed by atoms with E-state index in [1.807, 2.05) is 0 Å². The van der Waals surface area contributed by atoms with E-state index in [-0.39, 0.29) is 29.8 Å².